The number of para-hydroxylation sites is 2. The molecule has 0 radical (unpaired) electrons. The molecule has 0 aliphatic heterocycles. The molecule has 0 aromatic heterocycles. The second kappa shape index (κ2) is 7.36. The van der Waals surface area contributed by atoms with Crippen molar-refractivity contribution in [3.63, 3.8) is 0 Å². The van der Waals surface area contributed by atoms with Crippen molar-refractivity contribution < 1.29 is 14.0 Å². The highest BCUT2D eigenvalue weighted by Gasteiger charge is 2.12. The van der Waals surface area contributed by atoms with E-state index in [9.17, 15) is 14.0 Å². The highest BCUT2D eigenvalue weighted by atomic mass is 19.1. The predicted octanol–water partition coefficient (Wildman–Crippen LogP) is 3.36. The minimum absolute atomic E-state index is 0.0641. The van der Waals surface area contributed by atoms with Gasteiger partial charge >= 0.3 is 0 Å². The van der Waals surface area contributed by atoms with Crippen LogP contribution in [0.15, 0.2) is 48.5 Å². The van der Waals surface area contributed by atoms with E-state index in [4.69, 9.17) is 0 Å². The molecule has 0 fully saturated rings. The first-order chi connectivity index (χ1) is 10.6. The number of aryl methyl sites for hydroxylation is 1. The molecule has 2 N–H and O–H groups in total. The molecule has 0 heterocycles. The molecule has 114 valence electrons. The second-order valence-electron chi connectivity index (χ2n) is 4.76. The van der Waals surface area contributed by atoms with Gasteiger partial charge in [0.1, 0.15) is 12.2 Å². The largest absolute Gasteiger partial charge is 0.325 e. The molecule has 0 saturated carbocycles. The second-order valence-corrected chi connectivity index (χ2v) is 4.76. The van der Waals surface area contributed by atoms with Crippen LogP contribution < -0.4 is 10.6 Å². The first-order valence-electron chi connectivity index (χ1n) is 7.02. The fourth-order valence-electron chi connectivity index (χ4n) is 2.05. The Morgan fingerprint density at radius 1 is 0.909 bits per heavy atom. The van der Waals surface area contributed by atoms with Crippen molar-refractivity contribution >= 4 is 23.2 Å². The first kappa shape index (κ1) is 15.7. The van der Waals surface area contributed by atoms with E-state index in [-0.39, 0.29) is 12.1 Å². The molecule has 4 nitrogen and oxygen atoms in total. The Labute approximate surface area is 128 Å². The Balaban J connectivity index is 1.94. The molecule has 2 amide bonds. The van der Waals surface area contributed by atoms with Gasteiger partial charge in [-0.05, 0) is 30.2 Å². The highest BCUT2D eigenvalue weighted by molar-refractivity contribution is 6.08. The Morgan fingerprint density at radius 2 is 1.45 bits per heavy atom. The van der Waals surface area contributed by atoms with Gasteiger partial charge in [0.05, 0.1) is 5.69 Å². The lowest BCUT2D eigenvalue weighted by atomic mass is 10.1. The summed E-state index contributed by atoms with van der Waals surface area (Å²) in [4.78, 5) is 23.7. The topological polar surface area (TPSA) is 58.2 Å². The SMILES string of the molecule is CCc1ccccc1NC(=O)CC(=O)Nc1ccccc1F. The molecular formula is C17H17FN2O2. The molecule has 0 aliphatic carbocycles. The molecule has 0 atom stereocenters. The average molecular weight is 300 g/mol. The Bertz CT molecular complexity index is 686. The molecule has 0 spiro atoms. The number of amides is 2. The van der Waals surface area contributed by atoms with Crippen molar-refractivity contribution in [2.45, 2.75) is 19.8 Å². The summed E-state index contributed by atoms with van der Waals surface area (Å²) >= 11 is 0. The van der Waals surface area contributed by atoms with Crippen molar-refractivity contribution in [3.05, 3.63) is 59.9 Å². The highest BCUT2D eigenvalue weighted by Crippen LogP contribution is 2.16. The number of benzene rings is 2. The zero-order valence-electron chi connectivity index (χ0n) is 12.2. The molecule has 0 aliphatic rings. The predicted molar refractivity (Wildman–Crippen MR) is 84.1 cm³/mol. The summed E-state index contributed by atoms with van der Waals surface area (Å²) in [5.41, 5.74) is 1.74. The number of rotatable bonds is 5. The normalized spacial score (nSPS) is 10.1. The summed E-state index contributed by atoms with van der Waals surface area (Å²) in [5, 5.41) is 5.08. The third kappa shape index (κ3) is 4.15. The minimum atomic E-state index is -0.559. The summed E-state index contributed by atoms with van der Waals surface area (Å²) in [6, 6.07) is 13.2. The van der Waals surface area contributed by atoms with E-state index in [1.165, 1.54) is 18.2 Å². The van der Waals surface area contributed by atoms with Gasteiger partial charge in [-0.3, -0.25) is 9.59 Å². The third-order valence-electron chi connectivity index (χ3n) is 3.14. The molecule has 0 bridgehead atoms. The standard InChI is InChI=1S/C17H17FN2O2/c1-2-12-7-3-5-9-14(12)19-16(21)11-17(22)20-15-10-6-4-8-13(15)18/h3-10H,2,11H2,1H3,(H,19,21)(H,20,22). The summed E-state index contributed by atoms with van der Waals surface area (Å²) < 4.78 is 13.4. The molecule has 0 unspecified atom stereocenters. The van der Waals surface area contributed by atoms with Crippen LogP contribution in [0.25, 0.3) is 0 Å². The van der Waals surface area contributed by atoms with Crippen LogP contribution in [0.3, 0.4) is 0 Å². The fraction of sp³-hybridized carbons (Fsp3) is 0.176. The summed E-state index contributed by atoms with van der Waals surface area (Å²) in [6.07, 6.45) is 0.407. The summed E-state index contributed by atoms with van der Waals surface area (Å²) in [6.45, 7) is 1.98. The van der Waals surface area contributed by atoms with Crippen LogP contribution >= 0.6 is 0 Å². The molecule has 5 heteroatoms. The number of hydrogen-bond acceptors (Lipinski definition) is 2. The van der Waals surface area contributed by atoms with Gasteiger partial charge < -0.3 is 10.6 Å². The number of carbonyl (C=O) groups excluding carboxylic acids is 2. The third-order valence-corrected chi connectivity index (χ3v) is 3.14. The van der Waals surface area contributed by atoms with Crippen molar-refractivity contribution in [1.29, 1.82) is 0 Å². The van der Waals surface area contributed by atoms with Gasteiger partial charge in [0, 0.05) is 5.69 Å². The summed E-state index contributed by atoms with van der Waals surface area (Å²) in [5.74, 6) is -1.53. The summed E-state index contributed by atoms with van der Waals surface area (Å²) in [7, 11) is 0. The maximum atomic E-state index is 13.4. The lowest BCUT2D eigenvalue weighted by molar-refractivity contribution is -0.123. The fourth-order valence-corrected chi connectivity index (χ4v) is 2.05. The number of hydrogen-bond donors (Lipinski definition) is 2. The van der Waals surface area contributed by atoms with Crippen LogP contribution in [-0.2, 0) is 16.0 Å². The number of anilines is 2. The maximum Gasteiger partial charge on any atom is 0.233 e. The molecular weight excluding hydrogens is 283 g/mol. The Kier molecular flexibility index (Phi) is 5.25. The average Bonchev–Trinajstić information content (AvgIpc) is 2.50. The van der Waals surface area contributed by atoms with Crippen molar-refractivity contribution in [2.24, 2.45) is 0 Å². The van der Waals surface area contributed by atoms with Crippen molar-refractivity contribution in [1.82, 2.24) is 0 Å². The van der Waals surface area contributed by atoms with E-state index in [1.807, 2.05) is 25.1 Å². The van der Waals surface area contributed by atoms with Gasteiger partial charge in [0.2, 0.25) is 11.8 Å². The monoisotopic (exact) mass is 300 g/mol. The number of nitrogens with one attached hydrogen (secondary N) is 2. The van der Waals surface area contributed by atoms with Gasteiger partial charge in [-0.15, -0.1) is 0 Å². The van der Waals surface area contributed by atoms with E-state index in [2.05, 4.69) is 10.6 Å². The lowest BCUT2D eigenvalue weighted by Gasteiger charge is -2.10. The van der Waals surface area contributed by atoms with E-state index in [0.717, 1.165) is 12.0 Å². The molecule has 22 heavy (non-hydrogen) atoms. The van der Waals surface area contributed by atoms with Crippen LogP contribution in [0.1, 0.15) is 18.9 Å². The van der Waals surface area contributed by atoms with Crippen molar-refractivity contribution in [3.8, 4) is 0 Å². The van der Waals surface area contributed by atoms with Crippen LogP contribution in [0.5, 0.6) is 0 Å². The van der Waals surface area contributed by atoms with Crippen LogP contribution in [0.2, 0.25) is 0 Å². The van der Waals surface area contributed by atoms with E-state index >= 15 is 0 Å². The smallest absolute Gasteiger partial charge is 0.233 e. The van der Waals surface area contributed by atoms with E-state index < -0.39 is 17.6 Å². The minimum Gasteiger partial charge on any atom is -0.325 e. The van der Waals surface area contributed by atoms with Gasteiger partial charge in [0.15, 0.2) is 0 Å². The van der Waals surface area contributed by atoms with Gasteiger partial charge in [-0.1, -0.05) is 37.3 Å². The first-order valence-corrected chi connectivity index (χ1v) is 7.02. The van der Waals surface area contributed by atoms with Crippen LogP contribution in [0, 0.1) is 5.82 Å². The Morgan fingerprint density at radius 3 is 2.09 bits per heavy atom. The van der Waals surface area contributed by atoms with Crippen LogP contribution in [-0.4, -0.2) is 11.8 Å². The van der Waals surface area contributed by atoms with Crippen LogP contribution in [0.4, 0.5) is 15.8 Å². The molecule has 0 saturated heterocycles. The zero-order chi connectivity index (χ0) is 15.9. The van der Waals surface area contributed by atoms with E-state index in [1.54, 1.807) is 12.1 Å². The number of carbonyl (C=O) groups is 2. The lowest BCUT2D eigenvalue weighted by Crippen LogP contribution is -2.22. The quantitative estimate of drug-likeness (QED) is 0.832. The van der Waals surface area contributed by atoms with Gasteiger partial charge in [0.25, 0.3) is 0 Å². The maximum absolute atomic E-state index is 13.4. The van der Waals surface area contributed by atoms with E-state index in [0.29, 0.717) is 5.69 Å². The van der Waals surface area contributed by atoms with Gasteiger partial charge in [-0.25, -0.2) is 4.39 Å². The molecule has 2 aromatic carbocycles. The molecule has 2 aromatic rings. The number of halogens is 1. The zero-order valence-corrected chi connectivity index (χ0v) is 12.2. The van der Waals surface area contributed by atoms with Gasteiger partial charge in [-0.2, -0.15) is 0 Å². The molecule has 2 rings (SSSR count). The Hall–Kier alpha value is -2.69. The van der Waals surface area contributed by atoms with Crippen molar-refractivity contribution in [2.75, 3.05) is 10.6 Å².